The standard InChI is InChI=1S/C11H16N4O4/c1-11(19)7(10(18)14(4)15(11)5)6-8(16)12(2)13(3)9(6)17/h19H,1-5H3. The normalized spacial score (nSPS) is 29.4. The van der Waals surface area contributed by atoms with Crippen molar-refractivity contribution in [1.29, 1.82) is 0 Å². The first-order chi connectivity index (χ1) is 8.62. The molecule has 2 heterocycles. The van der Waals surface area contributed by atoms with Crippen molar-refractivity contribution in [2.24, 2.45) is 0 Å². The van der Waals surface area contributed by atoms with E-state index in [2.05, 4.69) is 0 Å². The Morgan fingerprint density at radius 1 is 0.842 bits per heavy atom. The molecule has 2 fully saturated rings. The van der Waals surface area contributed by atoms with Crippen LogP contribution >= 0.6 is 0 Å². The van der Waals surface area contributed by atoms with Crippen molar-refractivity contribution in [3.63, 3.8) is 0 Å². The van der Waals surface area contributed by atoms with E-state index < -0.39 is 23.4 Å². The van der Waals surface area contributed by atoms with Crippen molar-refractivity contribution in [3.8, 4) is 0 Å². The van der Waals surface area contributed by atoms with Gasteiger partial charge in [-0.2, -0.15) is 5.01 Å². The number of nitrogens with zero attached hydrogens (tertiary/aromatic N) is 4. The molecular weight excluding hydrogens is 252 g/mol. The van der Waals surface area contributed by atoms with Crippen LogP contribution in [0.3, 0.4) is 0 Å². The second-order valence-corrected chi connectivity index (χ2v) is 4.78. The second-order valence-electron chi connectivity index (χ2n) is 4.78. The lowest BCUT2D eigenvalue weighted by Crippen LogP contribution is -2.44. The van der Waals surface area contributed by atoms with E-state index in [-0.39, 0.29) is 11.1 Å². The minimum Gasteiger partial charge on any atom is -0.370 e. The molecule has 0 spiro atoms. The van der Waals surface area contributed by atoms with Gasteiger partial charge in [-0.15, -0.1) is 0 Å². The first-order valence-electron chi connectivity index (χ1n) is 5.67. The summed E-state index contributed by atoms with van der Waals surface area (Å²) < 4.78 is 0. The van der Waals surface area contributed by atoms with E-state index in [1.54, 1.807) is 0 Å². The molecule has 1 N–H and O–H groups in total. The van der Waals surface area contributed by atoms with Gasteiger partial charge in [0.25, 0.3) is 17.7 Å². The topological polar surface area (TPSA) is 84.4 Å². The van der Waals surface area contributed by atoms with Crippen LogP contribution in [-0.2, 0) is 14.4 Å². The Labute approximate surface area is 110 Å². The number of rotatable bonds is 0. The summed E-state index contributed by atoms with van der Waals surface area (Å²) in [6.07, 6.45) is 0. The van der Waals surface area contributed by atoms with E-state index >= 15 is 0 Å². The molecule has 2 aliphatic heterocycles. The molecule has 0 radical (unpaired) electrons. The molecule has 0 saturated carbocycles. The van der Waals surface area contributed by atoms with Gasteiger partial charge in [0.2, 0.25) is 0 Å². The van der Waals surface area contributed by atoms with Crippen LogP contribution in [0.1, 0.15) is 6.92 Å². The van der Waals surface area contributed by atoms with Crippen molar-refractivity contribution in [2.45, 2.75) is 12.6 Å². The van der Waals surface area contributed by atoms with Crippen LogP contribution in [-0.4, -0.2) is 76.8 Å². The van der Waals surface area contributed by atoms with Crippen molar-refractivity contribution >= 4 is 17.7 Å². The molecular formula is C11H16N4O4. The largest absolute Gasteiger partial charge is 0.370 e. The van der Waals surface area contributed by atoms with Gasteiger partial charge in [-0.3, -0.25) is 29.4 Å². The summed E-state index contributed by atoms with van der Waals surface area (Å²) in [7, 11) is 5.81. The second kappa shape index (κ2) is 3.78. The van der Waals surface area contributed by atoms with Crippen molar-refractivity contribution in [1.82, 2.24) is 20.0 Å². The van der Waals surface area contributed by atoms with E-state index in [1.165, 1.54) is 45.1 Å². The molecule has 2 aliphatic rings. The van der Waals surface area contributed by atoms with Gasteiger partial charge < -0.3 is 5.11 Å². The monoisotopic (exact) mass is 268 g/mol. The third kappa shape index (κ3) is 1.50. The Kier molecular flexibility index (Phi) is 2.69. The summed E-state index contributed by atoms with van der Waals surface area (Å²) in [6.45, 7) is 1.37. The van der Waals surface area contributed by atoms with Gasteiger partial charge in [-0.25, -0.2) is 0 Å². The fourth-order valence-corrected chi connectivity index (χ4v) is 2.20. The minimum absolute atomic E-state index is 0.191. The first-order valence-corrected chi connectivity index (χ1v) is 5.67. The van der Waals surface area contributed by atoms with Gasteiger partial charge in [0, 0.05) is 28.2 Å². The van der Waals surface area contributed by atoms with Crippen LogP contribution in [0, 0.1) is 0 Å². The average molecular weight is 268 g/mol. The maximum Gasteiger partial charge on any atom is 0.278 e. The summed E-state index contributed by atoms with van der Waals surface area (Å²) in [5, 5.41) is 15.0. The zero-order valence-corrected chi connectivity index (χ0v) is 11.5. The van der Waals surface area contributed by atoms with E-state index in [0.29, 0.717) is 0 Å². The number of amides is 3. The highest BCUT2D eigenvalue weighted by molar-refractivity contribution is 6.26. The Morgan fingerprint density at radius 2 is 1.26 bits per heavy atom. The predicted octanol–water partition coefficient (Wildman–Crippen LogP) is -1.84. The van der Waals surface area contributed by atoms with Crippen LogP contribution < -0.4 is 0 Å². The molecule has 1 unspecified atom stereocenters. The fourth-order valence-electron chi connectivity index (χ4n) is 2.20. The number of carbonyl (C=O) groups excluding carboxylic acids is 3. The fraction of sp³-hybridized carbons (Fsp3) is 0.545. The Morgan fingerprint density at radius 3 is 1.58 bits per heavy atom. The van der Waals surface area contributed by atoms with Gasteiger partial charge in [0.1, 0.15) is 5.57 Å². The molecule has 0 aromatic rings. The Bertz CT molecular complexity index is 503. The van der Waals surface area contributed by atoms with E-state index in [9.17, 15) is 19.5 Å². The SMILES string of the molecule is CN1C(=O)C(=C2C(=O)N(C)N(C)C2(C)O)C(=O)N1C. The van der Waals surface area contributed by atoms with Crippen LogP contribution in [0.15, 0.2) is 11.1 Å². The predicted molar refractivity (Wildman–Crippen MR) is 63.7 cm³/mol. The van der Waals surface area contributed by atoms with Gasteiger partial charge in [-0.05, 0) is 6.92 Å². The summed E-state index contributed by atoms with van der Waals surface area (Å²) in [5.74, 6) is -1.76. The molecule has 104 valence electrons. The summed E-state index contributed by atoms with van der Waals surface area (Å²) in [6, 6.07) is 0. The third-order valence-corrected chi connectivity index (χ3v) is 3.78. The van der Waals surface area contributed by atoms with Crippen LogP contribution in [0.2, 0.25) is 0 Å². The summed E-state index contributed by atoms with van der Waals surface area (Å²) in [5.41, 5.74) is -2.17. The lowest BCUT2D eigenvalue weighted by molar-refractivity contribution is -0.145. The Balaban J connectivity index is 2.69. The van der Waals surface area contributed by atoms with E-state index in [4.69, 9.17) is 0 Å². The highest BCUT2D eigenvalue weighted by Crippen LogP contribution is 2.35. The summed E-state index contributed by atoms with van der Waals surface area (Å²) in [4.78, 5) is 36.3. The van der Waals surface area contributed by atoms with Gasteiger partial charge >= 0.3 is 0 Å². The Hall–Kier alpha value is -1.93. The summed E-state index contributed by atoms with van der Waals surface area (Å²) >= 11 is 0. The zero-order valence-electron chi connectivity index (χ0n) is 11.5. The number of hydrogen-bond acceptors (Lipinski definition) is 5. The van der Waals surface area contributed by atoms with Crippen molar-refractivity contribution in [2.75, 3.05) is 28.2 Å². The average Bonchev–Trinajstić information content (AvgIpc) is 2.61. The number of hydrazine groups is 2. The molecule has 8 nitrogen and oxygen atoms in total. The number of carbonyl (C=O) groups is 3. The van der Waals surface area contributed by atoms with Crippen LogP contribution in [0.25, 0.3) is 0 Å². The number of likely N-dealkylation sites (N-methyl/N-ethyl adjacent to an activating group) is 4. The lowest BCUT2D eigenvalue weighted by Gasteiger charge is -2.28. The highest BCUT2D eigenvalue weighted by Gasteiger charge is 2.53. The molecule has 0 aromatic heterocycles. The van der Waals surface area contributed by atoms with Gasteiger partial charge in [-0.1, -0.05) is 0 Å². The number of hydrogen-bond donors (Lipinski definition) is 1. The van der Waals surface area contributed by atoms with Crippen LogP contribution in [0.4, 0.5) is 0 Å². The van der Waals surface area contributed by atoms with Crippen molar-refractivity contribution < 1.29 is 19.5 Å². The lowest BCUT2D eigenvalue weighted by atomic mass is 9.98. The van der Waals surface area contributed by atoms with Gasteiger partial charge in [0.05, 0.1) is 5.57 Å². The third-order valence-electron chi connectivity index (χ3n) is 3.78. The number of aliphatic hydroxyl groups is 1. The molecule has 1 atom stereocenters. The first kappa shape index (κ1) is 13.5. The molecule has 0 aliphatic carbocycles. The zero-order chi connectivity index (χ0) is 14.7. The molecule has 2 rings (SSSR count). The minimum atomic E-state index is -1.70. The quantitative estimate of drug-likeness (QED) is 0.412. The van der Waals surface area contributed by atoms with Gasteiger partial charge in [0.15, 0.2) is 5.72 Å². The van der Waals surface area contributed by atoms with Crippen molar-refractivity contribution in [3.05, 3.63) is 11.1 Å². The molecule has 0 bridgehead atoms. The molecule has 3 amide bonds. The van der Waals surface area contributed by atoms with E-state index in [0.717, 1.165) is 10.0 Å². The molecule has 2 saturated heterocycles. The van der Waals surface area contributed by atoms with E-state index in [1.807, 2.05) is 0 Å². The molecule has 19 heavy (non-hydrogen) atoms. The maximum absolute atomic E-state index is 12.1. The molecule has 8 heteroatoms. The van der Waals surface area contributed by atoms with Crippen LogP contribution in [0.5, 0.6) is 0 Å². The highest BCUT2D eigenvalue weighted by atomic mass is 16.3. The smallest absolute Gasteiger partial charge is 0.278 e. The maximum atomic E-state index is 12.1. The molecule has 0 aromatic carbocycles.